The Balaban J connectivity index is 1.68. The fourth-order valence-corrected chi connectivity index (χ4v) is 3.94. The molecule has 3 rings (SSSR count). The van der Waals surface area contributed by atoms with Gasteiger partial charge in [-0.3, -0.25) is 0 Å². The highest BCUT2D eigenvalue weighted by Crippen LogP contribution is 2.48. The van der Waals surface area contributed by atoms with Gasteiger partial charge in [0.15, 0.2) is 0 Å². The molecular formula is C22H28O7. The zero-order chi connectivity index (χ0) is 21.4. The zero-order valence-corrected chi connectivity index (χ0v) is 17.3. The summed E-state index contributed by atoms with van der Waals surface area (Å²) in [6.45, 7) is 7.14. The molecule has 0 radical (unpaired) electrons. The van der Waals surface area contributed by atoms with Crippen LogP contribution in [0.4, 0.5) is 0 Å². The standard InChI is InChI=1S/C22H28O7/c1-13-15(27-18(23)12-17(13)26-5)10-8-6-7-9-11-16-19(24)22(4)20(25)21(3,29-16)14(2)28-22/h6-12,14,16,19-20,24-25H,1-5H3/t14-,16+,19+,20-,21+,22+/m1/s1. The molecule has 0 unspecified atom stereocenters. The number of hydrogen-bond acceptors (Lipinski definition) is 7. The summed E-state index contributed by atoms with van der Waals surface area (Å²) in [5.41, 5.74) is -1.70. The van der Waals surface area contributed by atoms with Crippen LogP contribution < -0.4 is 10.4 Å². The van der Waals surface area contributed by atoms with Crippen LogP contribution in [0.3, 0.4) is 0 Å². The van der Waals surface area contributed by atoms with E-state index in [0.29, 0.717) is 11.5 Å². The first kappa shape index (κ1) is 21.5. The molecule has 1 aromatic heterocycles. The topological polar surface area (TPSA) is 98.4 Å². The lowest BCUT2D eigenvalue weighted by Crippen LogP contribution is -2.64. The highest BCUT2D eigenvalue weighted by molar-refractivity contribution is 5.52. The van der Waals surface area contributed by atoms with Crippen LogP contribution in [0.5, 0.6) is 5.75 Å². The Morgan fingerprint density at radius 1 is 1.10 bits per heavy atom. The predicted octanol–water partition coefficient (Wildman–Crippen LogP) is 2.14. The van der Waals surface area contributed by atoms with E-state index in [1.54, 1.807) is 57.2 Å². The van der Waals surface area contributed by atoms with Gasteiger partial charge < -0.3 is 28.8 Å². The molecule has 2 fully saturated rings. The van der Waals surface area contributed by atoms with Crippen molar-refractivity contribution < 1.29 is 28.8 Å². The van der Waals surface area contributed by atoms with Crippen LogP contribution >= 0.6 is 0 Å². The average molecular weight is 404 g/mol. The van der Waals surface area contributed by atoms with Gasteiger partial charge in [0.1, 0.15) is 41.0 Å². The zero-order valence-electron chi connectivity index (χ0n) is 17.3. The van der Waals surface area contributed by atoms with Crippen LogP contribution in [0.1, 0.15) is 32.1 Å². The number of methoxy groups -OCH3 is 1. The normalized spacial score (nSPS) is 37.2. The molecule has 29 heavy (non-hydrogen) atoms. The number of aliphatic hydroxyl groups is 2. The van der Waals surface area contributed by atoms with E-state index >= 15 is 0 Å². The third-order valence-corrected chi connectivity index (χ3v) is 5.91. The number of ether oxygens (including phenoxy) is 3. The maximum Gasteiger partial charge on any atom is 0.339 e. The Labute approximate surface area is 169 Å². The molecule has 2 N–H and O–H groups in total. The lowest BCUT2D eigenvalue weighted by atomic mass is 9.78. The molecule has 7 nitrogen and oxygen atoms in total. The van der Waals surface area contributed by atoms with E-state index in [2.05, 4.69) is 0 Å². The molecular weight excluding hydrogens is 376 g/mol. The summed E-state index contributed by atoms with van der Waals surface area (Å²) in [4.78, 5) is 11.5. The average Bonchev–Trinajstić information content (AvgIpc) is 2.80. The molecule has 3 heterocycles. The summed E-state index contributed by atoms with van der Waals surface area (Å²) in [6, 6.07) is 1.30. The highest BCUT2D eigenvalue weighted by atomic mass is 16.6. The molecule has 0 aliphatic carbocycles. The van der Waals surface area contributed by atoms with Crippen molar-refractivity contribution in [3.8, 4) is 5.75 Å². The van der Waals surface area contributed by atoms with E-state index in [1.165, 1.54) is 13.2 Å². The van der Waals surface area contributed by atoms with Crippen LogP contribution in [0.2, 0.25) is 0 Å². The Bertz CT molecular complexity index is 899. The first-order valence-corrected chi connectivity index (χ1v) is 9.55. The largest absolute Gasteiger partial charge is 0.496 e. The maximum absolute atomic E-state index is 11.5. The second-order valence-electron chi connectivity index (χ2n) is 7.81. The summed E-state index contributed by atoms with van der Waals surface area (Å²) in [5.74, 6) is 0.898. The van der Waals surface area contributed by atoms with Crippen LogP contribution in [0.25, 0.3) is 6.08 Å². The predicted molar refractivity (Wildman–Crippen MR) is 108 cm³/mol. The molecule has 7 heteroatoms. The van der Waals surface area contributed by atoms with E-state index in [1.807, 2.05) is 6.92 Å². The Morgan fingerprint density at radius 3 is 2.48 bits per heavy atom. The van der Waals surface area contributed by atoms with Gasteiger partial charge in [-0.15, -0.1) is 0 Å². The van der Waals surface area contributed by atoms with Crippen molar-refractivity contribution >= 4 is 6.08 Å². The lowest BCUT2D eigenvalue weighted by Gasteiger charge is -2.45. The van der Waals surface area contributed by atoms with Gasteiger partial charge in [-0.25, -0.2) is 4.79 Å². The van der Waals surface area contributed by atoms with Crippen molar-refractivity contribution in [1.82, 2.24) is 0 Å². The van der Waals surface area contributed by atoms with Crippen LogP contribution in [0, 0.1) is 6.92 Å². The first-order chi connectivity index (χ1) is 13.6. The molecule has 0 amide bonds. The molecule has 0 saturated carbocycles. The van der Waals surface area contributed by atoms with Crippen molar-refractivity contribution in [2.75, 3.05) is 7.11 Å². The molecule has 1 aromatic rings. The Hall–Kier alpha value is -2.19. The van der Waals surface area contributed by atoms with E-state index in [0.717, 1.165) is 5.56 Å². The SMILES string of the molecule is COc1cc(=O)oc(C=CC=CC=C[C@@H]2O[C@]3(C)[C@@H](O)[C@@](C)(O[C@@H]3C)[C@H]2O)c1C. The molecule has 0 aromatic carbocycles. The minimum Gasteiger partial charge on any atom is -0.496 e. The smallest absolute Gasteiger partial charge is 0.339 e. The van der Waals surface area contributed by atoms with Gasteiger partial charge in [0.05, 0.1) is 19.3 Å². The van der Waals surface area contributed by atoms with Gasteiger partial charge in [0.2, 0.25) is 0 Å². The summed E-state index contributed by atoms with van der Waals surface area (Å²) >= 11 is 0. The molecule has 0 spiro atoms. The van der Waals surface area contributed by atoms with Gasteiger partial charge in [0, 0.05) is 5.56 Å². The van der Waals surface area contributed by atoms with Crippen molar-refractivity contribution in [3.05, 3.63) is 58.2 Å². The molecule has 2 saturated heterocycles. The fraction of sp³-hybridized carbons (Fsp3) is 0.500. The number of aliphatic hydroxyl groups excluding tert-OH is 2. The lowest BCUT2D eigenvalue weighted by molar-refractivity contribution is -0.224. The van der Waals surface area contributed by atoms with Crippen molar-refractivity contribution in [1.29, 1.82) is 0 Å². The molecule has 2 bridgehead atoms. The van der Waals surface area contributed by atoms with Gasteiger partial charge in [-0.2, -0.15) is 0 Å². The number of fused-ring (bicyclic) bond motifs is 2. The number of rotatable bonds is 5. The maximum atomic E-state index is 11.5. The molecule has 158 valence electrons. The quantitative estimate of drug-likeness (QED) is 0.726. The second-order valence-corrected chi connectivity index (χ2v) is 7.81. The first-order valence-electron chi connectivity index (χ1n) is 9.55. The van der Waals surface area contributed by atoms with Crippen molar-refractivity contribution in [2.45, 2.75) is 63.3 Å². The van der Waals surface area contributed by atoms with E-state index in [9.17, 15) is 15.0 Å². The third kappa shape index (κ3) is 3.71. The summed E-state index contributed by atoms with van der Waals surface area (Å²) in [5, 5.41) is 21.1. The fourth-order valence-electron chi connectivity index (χ4n) is 3.94. The summed E-state index contributed by atoms with van der Waals surface area (Å²) in [7, 11) is 1.50. The molecule has 2 aliphatic heterocycles. The molecule has 2 aliphatic rings. The van der Waals surface area contributed by atoms with Gasteiger partial charge in [0.25, 0.3) is 0 Å². The Kier molecular flexibility index (Phi) is 5.87. The Morgan fingerprint density at radius 2 is 1.79 bits per heavy atom. The second kappa shape index (κ2) is 7.91. The summed E-state index contributed by atoms with van der Waals surface area (Å²) < 4.78 is 22.1. The highest BCUT2D eigenvalue weighted by Gasteiger charge is 2.66. The van der Waals surface area contributed by atoms with E-state index in [-0.39, 0.29) is 6.10 Å². The number of allylic oxidation sites excluding steroid dienone is 4. The molecule has 6 atom stereocenters. The van der Waals surface area contributed by atoms with Crippen LogP contribution in [-0.4, -0.2) is 52.9 Å². The van der Waals surface area contributed by atoms with E-state index < -0.39 is 35.1 Å². The third-order valence-electron chi connectivity index (χ3n) is 5.91. The van der Waals surface area contributed by atoms with Gasteiger partial charge >= 0.3 is 5.63 Å². The van der Waals surface area contributed by atoms with Crippen LogP contribution in [0.15, 0.2) is 45.7 Å². The minimum atomic E-state index is -1.08. The van der Waals surface area contributed by atoms with Crippen molar-refractivity contribution in [3.63, 3.8) is 0 Å². The van der Waals surface area contributed by atoms with Crippen LogP contribution in [-0.2, 0) is 9.47 Å². The van der Waals surface area contributed by atoms with Gasteiger partial charge in [-0.1, -0.05) is 30.4 Å². The van der Waals surface area contributed by atoms with Crippen molar-refractivity contribution in [2.24, 2.45) is 0 Å². The monoisotopic (exact) mass is 404 g/mol. The van der Waals surface area contributed by atoms with Gasteiger partial charge in [-0.05, 0) is 33.8 Å². The van der Waals surface area contributed by atoms with E-state index in [4.69, 9.17) is 18.6 Å². The number of hydrogen-bond donors (Lipinski definition) is 2. The summed E-state index contributed by atoms with van der Waals surface area (Å²) in [6.07, 6.45) is 7.56. The minimum absolute atomic E-state index is 0.338.